The number of rotatable bonds is 5. The summed E-state index contributed by atoms with van der Waals surface area (Å²) in [5.74, 6) is -1.13. The molecule has 25 heavy (non-hydrogen) atoms. The van der Waals surface area contributed by atoms with Gasteiger partial charge in [0, 0.05) is 21.5 Å². The van der Waals surface area contributed by atoms with Gasteiger partial charge in [-0.15, -0.1) is 0 Å². The van der Waals surface area contributed by atoms with Gasteiger partial charge in [0.25, 0.3) is 0 Å². The van der Waals surface area contributed by atoms with E-state index in [1.165, 1.54) is 7.11 Å². The Labute approximate surface area is 150 Å². The molecule has 1 heterocycles. The van der Waals surface area contributed by atoms with Crippen molar-refractivity contribution in [1.82, 2.24) is 0 Å². The van der Waals surface area contributed by atoms with Gasteiger partial charge in [-0.2, -0.15) is 0 Å². The van der Waals surface area contributed by atoms with E-state index in [1.807, 2.05) is 13.0 Å². The van der Waals surface area contributed by atoms with Crippen molar-refractivity contribution in [2.24, 2.45) is 0 Å². The van der Waals surface area contributed by atoms with E-state index in [0.717, 1.165) is 0 Å². The molecule has 3 rings (SSSR count). The van der Waals surface area contributed by atoms with E-state index in [-0.39, 0.29) is 11.5 Å². The van der Waals surface area contributed by atoms with Crippen molar-refractivity contribution in [2.45, 2.75) is 19.3 Å². The van der Waals surface area contributed by atoms with Crippen LogP contribution < -0.4 is 0 Å². The first-order chi connectivity index (χ1) is 12.1. The maximum Gasteiger partial charge on any atom is 0.313 e. The Morgan fingerprint density at radius 2 is 1.88 bits per heavy atom. The summed E-state index contributed by atoms with van der Waals surface area (Å²) in [6, 6.07) is 13.9. The highest BCUT2D eigenvalue weighted by molar-refractivity contribution is 6.31. The van der Waals surface area contributed by atoms with Gasteiger partial charge in [0.05, 0.1) is 13.0 Å². The molecule has 0 amide bonds. The number of fused-ring (bicyclic) bond motifs is 1. The third-order valence-corrected chi connectivity index (χ3v) is 4.41. The van der Waals surface area contributed by atoms with E-state index in [1.54, 1.807) is 42.5 Å². The number of ketones is 1. The van der Waals surface area contributed by atoms with Crippen LogP contribution in [0, 0.1) is 0 Å². The van der Waals surface area contributed by atoms with Gasteiger partial charge in [0.15, 0.2) is 5.76 Å². The zero-order valence-corrected chi connectivity index (χ0v) is 14.7. The number of carbonyl (C=O) groups excluding carboxylic acids is 2. The highest BCUT2D eigenvalue weighted by Gasteiger charge is 2.31. The molecule has 5 heteroatoms. The average molecular weight is 357 g/mol. The molecule has 0 radical (unpaired) electrons. The largest absolute Gasteiger partial charge is 0.469 e. The van der Waals surface area contributed by atoms with Gasteiger partial charge in [-0.05, 0) is 24.6 Å². The van der Waals surface area contributed by atoms with E-state index in [2.05, 4.69) is 0 Å². The molecule has 1 atom stereocenters. The van der Waals surface area contributed by atoms with Gasteiger partial charge in [-0.25, -0.2) is 0 Å². The SMILES string of the molecule is CCC(C(=O)OC)c1c(C(=O)c2ccccc2)oc2ccc(Cl)cc12. The first kappa shape index (κ1) is 17.2. The lowest BCUT2D eigenvalue weighted by molar-refractivity contribution is -0.142. The predicted molar refractivity (Wildman–Crippen MR) is 96.1 cm³/mol. The number of benzene rings is 2. The second kappa shape index (κ2) is 7.11. The maximum atomic E-state index is 13.0. The molecule has 0 aliphatic rings. The monoisotopic (exact) mass is 356 g/mol. The van der Waals surface area contributed by atoms with E-state index >= 15 is 0 Å². The van der Waals surface area contributed by atoms with E-state index in [0.29, 0.717) is 33.5 Å². The smallest absolute Gasteiger partial charge is 0.313 e. The van der Waals surface area contributed by atoms with Gasteiger partial charge in [-0.1, -0.05) is 48.9 Å². The maximum absolute atomic E-state index is 13.0. The van der Waals surface area contributed by atoms with Crippen molar-refractivity contribution in [1.29, 1.82) is 0 Å². The summed E-state index contributed by atoms with van der Waals surface area (Å²) in [6.45, 7) is 1.86. The summed E-state index contributed by atoms with van der Waals surface area (Å²) < 4.78 is 10.8. The van der Waals surface area contributed by atoms with Crippen LogP contribution in [0.25, 0.3) is 11.0 Å². The topological polar surface area (TPSA) is 56.5 Å². The van der Waals surface area contributed by atoms with Crippen LogP contribution in [-0.2, 0) is 9.53 Å². The second-order valence-electron chi connectivity index (χ2n) is 5.66. The molecule has 2 aromatic carbocycles. The van der Waals surface area contributed by atoms with Crippen molar-refractivity contribution < 1.29 is 18.7 Å². The fourth-order valence-corrected chi connectivity index (χ4v) is 3.13. The molecule has 0 N–H and O–H groups in total. The van der Waals surface area contributed by atoms with Crippen LogP contribution in [0.4, 0.5) is 0 Å². The Morgan fingerprint density at radius 3 is 2.52 bits per heavy atom. The van der Waals surface area contributed by atoms with Crippen LogP contribution in [0.2, 0.25) is 5.02 Å². The van der Waals surface area contributed by atoms with Crippen LogP contribution in [0.1, 0.15) is 40.9 Å². The van der Waals surface area contributed by atoms with Gasteiger partial charge in [0.2, 0.25) is 5.78 Å². The standard InChI is InChI=1S/C20H17ClO4/c1-3-14(20(23)24-2)17-15-11-13(21)9-10-16(15)25-19(17)18(22)12-7-5-4-6-8-12/h4-11,14H,3H2,1-2H3. The van der Waals surface area contributed by atoms with Crippen LogP contribution in [0.3, 0.4) is 0 Å². The third kappa shape index (κ3) is 3.17. The number of methoxy groups -OCH3 is 1. The third-order valence-electron chi connectivity index (χ3n) is 4.17. The number of ether oxygens (including phenoxy) is 1. The number of furan rings is 1. The van der Waals surface area contributed by atoms with Crippen LogP contribution in [0.5, 0.6) is 0 Å². The Balaban J connectivity index is 2.26. The minimum Gasteiger partial charge on any atom is -0.469 e. The second-order valence-corrected chi connectivity index (χ2v) is 6.10. The lowest BCUT2D eigenvalue weighted by Gasteiger charge is -2.13. The minimum atomic E-state index is -0.604. The van der Waals surface area contributed by atoms with Crippen LogP contribution in [-0.4, -0.2) is 18.9 Å². The fraction of sp³-hybridized carbons (Fsp3) is 0.200. The summed E-state index contributed by atoms with van der Waals surface area (Å²) in [7, 11) is 1.33. The first-order valence-electron chi connectivity index (χ1n) is 7.96. The number of hydrogen-bond donors (Lipinski definition) is 0. The summed E-state index contributed by atoms with van der Waals surface area (Å²) >= 11 is 6.12. The summed E-state index contributed by atoms with van der Waals surface area (Å²) in [5, 5.41) is 1.16. The number of halogens is 1. The van der Waals surface area contributed by atoms with Crippen molar-refractivity contribution in [3.8, 4) is 0 Å². The minimum absolute atomic E-state index is 0.153. The zero-order chi connectivity index (χ0) is 18.0. The number of hydrogen-bond acceptors (Lipinski definition) is 4. The zero-order valence-electron chi connectivity index (χ0n) is 13.9. The van der Waals surface area contributed by atoms with Gasteiger partial charge < -0.3 is 9.15 Å². The molecule has 4 nitrogen and oxygen atoms in total. The van der Waals surface area contributed by atoms with E-state index < -0.39 is 11.9 Å². The highest BCUT2D eigenvalue weighted by Crippen LogP contribution is 2.37. The summed E-state index contributed by atoms with van der Waals surface area (Å²) in [4.78, 5) is 25.2. The summed E-state index contributed by atoms with van der Waals surface area (Å²) in [6.07, 6.45) is 0.475. The first-order valence-corrected chi connectivity index (χ1v) is 8.34. The average Bonchev–Trinajstić information content (AvgIpc) is 3.01. The van der Waals surface area contributed by atoms with Gasteiger partial charge in [-0.3, -0.25) is 9.59 Å². The number of esters is 1. The summed E-state index contributed by atoms with van der Waals surface area (Å²) in [5.41, 5.74) is 1.54. The molecular formula is C20H17ClO4. The molecule has 128 valence electrons. The molecule has 0 saturated heterocycles. The molecule has 0 saturated carbocycles. The molecule has 0 bridgehead atoms. The molecule has 1 unspecified atom stereocenters. The fourth-order valence-electron chi connectivity index (χ4n) is 2.96. The van der Waals surface area contributed by atoms with Crippen molar-refractivity contribution in [3.63, 3.8) is 0 Å². The lowest BCUT2D eigenvalue weighted by atomic mass is 9.91. The highest BCUT2D eigenvalue weighted by atomic mass is 35.5. The van der Waals surface area contributed by atoms with Crippen LogP contribution in [0.15, 0.2) is 52.9 Å². The Bertz CT molecular complexity index is 928. The van der Waals surface area contributed by atoms with E-state index in [4.69, 9.17) is 20.8 Å². The molecule has 0 spiro atoms. The molecule has 0 aliphatic carbocycles. The molecule has 0 fully saturated rings. The quantitative estimate of drug-likeness (QED) is 0.477. The Morgan fingerprint density at radius 1 is 1.16 bits per heavy atom. The Kier molecular flexibility index (Phi) is 4.91. The van der Waals surface area contributed by atoms with Crippen molar-refractivity contribution >= 4 is 34.3 Å². The molecular weight excluding hydrogens is 340 g/mol. The molecule has 0 aliphatic heterocycles. The van der Waals surface area contributed by atoms with Crippen LogP contribution >= 0.6 is 11.6 Å². The van der Waals surface area contributed by atoms with E-state index in [9.17, 15) is 9.59 Å². The normalized spacial score (nSPS) is 12.1. The van der Waals surface area contributed by atoms with Crippen molar-refractivity contribution in [2.75, 3.05) is 7.11 Å². The molecule has 1 aromatic heterocycles. The number of carbonyl (C=O) groups is 2. The molecule has 3 aromatic rings. The predicted octanol–water partition coefficient (Wildman–Crippen LogP) is 4.98. The van der Waals surface area contributed by atoms with Crippen molar-refractivity contribution in [3.05, 3.63) is 70.4 Å². The lowest BCUT2D eigenvalue weighted by Crippen LogP contribution is -2.16. The van der Waals surface area contributed by atoms with Gasteiger partial charge >= 0.3 is 5.97 Å². The Hall–Kier alpha value is -2.59. The van der Waals surface area contributed by atoms with Gasteiger partial charge in [0.1, 0.15) is 5.58 Å².